The molecule has 0 saturated heterocycles. The molecule has 0 aromatic heterocycles. The van der Waals surface area contributed by atoms with Gasteiger partial charge in [-0.05, 0) is 50.2 Å². The standard InChI is InChI=1S/C14H19NO4/c1-5-17-11(4)15-19-13-8-6-12(7-9-13)14(16)18-10(2)3/h6-10H,5H2,1-4H3. The van der Waals surface area contributed by atoms with Crippen LogP contribution in [0.25, 0.3) is 0 Å². The maximum absolute atomic E-state index is 11.6. The summed E-state index contributed by atoms with van der Waals surface area (Å²) in [5.74, 6) is 0.626. The summed E-state index contributed by atoms with van der Waals surface area (Å²) in [4.78, 5) is 16.8. The molecule has 104 valence electrons. The number of hydrogen-bond donors (Lipinski definition) is 0. The van der Waals surface area contributed by atoms with Crippen LogP contribution in [0, 0.1) is 0 Å². The molecule has 0 N–H and O–H groups in total. The number of benzene rings is 1. The van der Waals surface area contributed by atoms with Crippen molar-refractivity contribution in [2.45, 2.75) is 33.8 Å². The molecule has 1 rings (SSSR count). The normalized spacial score (nSPS) is 11.3. The molecule has 19 heavy (non-hydrogen) atoms. The number of carbonyl (C=O) groups excluding carboxylic acids is 1. The van der Waals surface area contributed by atoms with Gasteiger partial charge in [0.1, 0.15) is 0 Å². The monoisotopic (exact) mass is 265 g/mol. The molecule has 1 aromatic carbocycles. The molecule has 0 atom stereocenters. The molecule has 0 fully saturated rings. The molecule has 0 aliphatic heterocycles. The third kappa shape index (κ3) is 5.42. The van der Waals surface area contributed by atoms with Gasteiger partial charge in [0.15, 0.2) is 5.75 Å². The first-order valence-electron chi connectivity index (χ1n) is 6.18. The van der Waals surface area contributed by atoms with Crippen LogP contribution in [0.5, 0.6) is 5.75 Å². The van der Waals surface area contributed by atoms with Crippen LogP contribution in [-0.2, 0) is 9.47 Å². The maximum atomic E-state index is 11.6. The van der Waals surface area contributed by atoms with E-state index in [9.17, 15) is 4.79 Å². The van der Waals surface area contributed by atoms with Crippen molar-refractivity contribution < 1.29 is 19.1 Å². The molecule has 5 nitrogen and oxygen atoms in total. The Morgan fingerprint density at radius 1 is 1.26 bits per heavy atom. The molecule has 0 radical (unpaired) electrons. The Balaban J connectivity index is 2.61. The highest BCUT2D eigenvalue weighted by molar-refractivity contribution is 5.89. The first-order valence-corrected chi connectivity index (χ1v) is 6.18. The van der Waals surface area contributed by atoms with Crippen molar-refractivity contribution in [3.05, 3.63) is 29.8 Å². The van der Waals surface area contributed by atoms with Crippen LogP contribution in [-0.4, -0.2) is 24.6 Å². The third-order valence-electron chi connectivity index (χ3n) is 2.07. The van der Waals surface area contributed by atoms with Crippen molar-refractivity contribution in [2.24, 2.45) is 5.16 Å². The Bertz CT molecular complexity index is 437. The zero-order chi connectivity index (χ0) is 14.3. The van der Waals surface area contributed by atoms with Gasteiger partial charge in [-0.1, -0.05) is 0 Å². The average Bonchev–Trinajstić information content (AvgIpc) is 2.36. The molecule has 0 saturated carbocycles. The predicted octanol–water partition coefficient (Wildman–Crippen LogP) is 3.00. The third-order valence-corrected chi connectivity index (χ3v) is 2.07. The molecule has 0 unspecified atom stereocenters. The highest BCUT2D eigenvalue weighted by Gasteiger charge is 2.08. The van der Waals surface area contributed by atoms with E-state index in [1.54, 1.807) is 45.0 Å². The highest BCUT2D eigenvalue weighted by atomic mass is 16.6. The van der Waals surface area contributed by atoms with Crippen LogP contribution in [0.3, 0.4) is 0 Å². The van der Waals surface area contributed by atoms with Crippen LogP contribution in [0.2, 0.25) is 0 Å². The van der Waals surface area contributed by atoms with Gasteiger partial charge < -0.3 is 14.3 Å². The minimum atomic E-state index is -0.351. The quantitative estimate of drug-likeness (QED) is 0.355. The Labute approximate surface area is 113 Å². The summed E-state index contributed by atoms with van der Waals surface area (Å²) in [5.41, 5.74) is 0.478. The average molecular weight is 265 g/mol. The van der Waals surface area contributed by atoms with E-state index < -0.39 is 0 Å². The van der Waals surface area contributed by atoms with E-state index in [1.165, 1.54) is 0 Å². The minimum absolute atomic E-state index is 0.137. The molecule has 1 aromatic rings. The van der Waals surface area contributed by atoms with Crippen molar-refractivity contribution in [1.29, 1.82) is 0 Å². The van der Waals surface area contributed by atoms with Crippen LogP contribution in [0.4, 0.5) is 0 Å². The van der Waals surface area contributed by atoms with Crippen molar-refractivity contribution >= 4 is 11.9 Å². The molecule has 0 heterocycles. The predicted molar refractivity (Wildman–Crippen MR) is 72.4 cm³/mol. The summed E-state index contributed by atoms with van der Waals surface area (Å²) in [6.45, 7) is 7.73. The van der Waals surface area contributed by atoms with Crippen LogP contribution >= 0.6 is 0 Å². The maximum Gasteiger partial charge on any atom is 0.338 e. The molecule has 0 bridgehead atoms. The first kappa shape index (κ1) is 15.0. The lowest BCUT2D eigenvalue weighted by Crippen LogP contribution is -2.11. The summed E-state index contributed by atoms with van der Waals surface area (Å²) >= 11 is 0. The second-order valence-corrected chi connectivity index (χ2v) is 4.11. The lowest BCUT2D eigenvalue weighted by atomic mass is 10.2. The van der Waals surface area contributed by atoms with Gasteiger partial charge in [-0.3, -0.25) is 0 Å². The van der Waals surface area contributed by atoms with Gasteiger partial charge in [-0.15, -0.1) is 0 Å². The molecule has 0 spiro atoms. The zero-order valence-electron chi connectivity index (χ0n) is 11.7. The number of hydrogen-bond acceptors (Lipinski definition) is 5. The fourth-order valence-corrected chi connectivity index (χ4v) is 1.29. The molecule has 5 heteroatoms. The van der Waals surface area contributed by atoms with Crippen LogP contribution in [0.15, 0.2) is 29.4 Å². The van der Waals surface area contributed by atoms with E-state index in [2.05, 4.69) is 5.16 Å². The molecular formula is C14H19NO4. The lowest BCUT2D eigenvalue weighted by molar-refractivity contribution is 0.0378. The molecular weight excluding hydrogens is 246 g/mol. The van der Waals surface area contributed by atoms with E-state index in [-0.39, 0.29) is 12.1 Å². The van der Waals surface area contributed by atoms with Crippen molar-refractivity contribution in [3.8, 4) is 5.75 Å². The molecule has 0 amide bonds. The van der Waals surface area contributed by atoms with E-state index in [4.69, 9.17) is 14.3 Å². The van der Waals surface area contributed by atoms with E-state index in [0.717, 1.165) is 0 Å². The van der Waals surface area contributed by atoms with E-state index in [1.807, 2.05) is 6.92 Å². The highest BCUT2D eigenvalue weighted by Crippen LogP contribution is 2.14. The minimum Gasteiger partial charge on any atom is -0.479 e. The smallest absolute Gasteiger partial charge is 0.338 e. The molecule has 0 aliphatic rings. The summed E-state index contributed by atoms with van der Waals surface area (Å²) in [6.07, 6.45) is -0.137. The van der Waals surface area contributed by atoms with Crippen molar-refractivity contribution in [1.82, 2.24) is 0 Å². The second kappa shape index (κ2) is 7.41. The number of rotatable bonds is 5. The van der Waals surface area contributed by atoms with E-state index in [0.29, 0.717) is 23.8 Å². The topological polar surface area (TPSA) is 57.1 Å². The Morgan fingerprint density at radius 3 is 2.42 bits per heavy atom. The Hall–Kier alpha value is -2.04. The van der Waals surface area contributed by atoms with Gasteiger partial charge in [0, 0.05) is 6.92 Å². The zero-order valence-corrected chi connectivity index (χ0v) is 11.7. The van der Waals surface area contributed by atoms with Gasteiger partial charge >= 0.3 is 5.97 Å². The van der Waals surface area contributed by atoms with Crippen molar-refractivity contribution in [2.75, 3.05) is 6.61 Å². The van der Waals surface area contributed by atoms with Crippen LogP contribution in [0.1, 0.15) is 38.1 Å². The van der Waals surface area contributed by atoms with E-state index >= 15 is 0 Å². The fraction of sp³-hybridized carbons (Fsp3) is 0.429. The Kier molecular flexibility index (Phi) is 5.85. The summed E-state index contributed by atoms with van der Waals surface area (Å²) < 4.78 is 10.2. The number of esters is 1. The van der Waals surface area contributed by atoms with Gasteiger partial charge in [-0.2, -0.15) is 0 Å². The number of ether oxygens (including phenoxy) is 2. The number of nitrogens with zero attached hydrogens (tertiary/aromatic N) is 1. The number of carbonyl (C=O) groups is 1. The number of oxime groups is 1. The van der Waals surface area contributed by atoms with Gasteiger partial charge in [0.2, 0.25) is 5.90 Å². The lowest BCUT2D eigenvalue weighted by Gasteiger charge is -2.08. The van der Waals surface area contributed by atoms with Crippen LogP contribution < -0.4 is 4.84 Å². The van der Waals surface area contributed by atoms with Gasteiger partial charge in [0.25, 0.3) is 0 Å². The SMILES string of the molecule is CCOC(C)=NOc1ccc(C(=O)OC(C)C)cc1. The Morgan fingerprint density at radius 2 is 1.89 bits per heavy atom. The summed E-state index contributed by atoms with van der Waals surface area (Å²) in [7, 11) is 0. The largest absolute Gasteiger partial charge is 0.479 e. The van der Waals surface area contributed by atoms with Crippen molar-refractivity contribution in [3.63, 3.8) is 0 Å². The van der Waals surface area contributed by atoms with Gasteiger partial charge in [-0.25, -0.2) is 4.79 Å². The summed E-state index contributed by atoms with van der Waals surface area (Å²) in [5, 5.41) is 3.79. The van der Waals surface area contributed by atoms with Gasteiger partial charge in [0.05, 0.1) is 18.3 Å². The first-order chi connectivity index (χ1) is 9.02. The fourth-order valence-electron chi connectivity index (χ4n) is 1.29. The molecule has 0 aliphatic carbocycles. The summed E-state index contributed by atoms with van der Waals surface area (Å²) in [6, 6.07) is 6.57. The second-order valence-electron chi connectivity index (χ2n) is 4.11.